The Hall–Kier alpha value is -3.43. The van der Waals surface area contributed by atoms with Crippen molar-refractivity contribution in [1.29, 1.82) is 0 Å². The van der Waals surface area contributed by atoms with E-state index in [0.29, 0.717) is 28.1 Å². The van der Waals surface area contributed by atoms with E-state index in [1.165, 1.54) is 29.0 Å². The van der Waals surface area contributed by atoms with Gasteiger partial charge in [-0.2, -0.15) is 0 Å². The van der Waals surface area contributed by atoms with Crippen molar-refractivity contribution in [2.24, 2.45) is 0 Å². The molecule has 1 saturated heterocycles. The molecule has 0 atom stereocenters. The van der Waals surface area contributed by atoms with Crippen LogP contribution in [0.1, 0.15) is 47.4 Å². The number of halogens is 1. The Morgan fingerprint density at radius 3 is 2.62 bits per heavy atom. The van der Waals surface area contributed by atoms with Crippen LogP contribution in [0.25, 0.3) is 21.9 Å². The van der Waals surface area contributed by atoms with Gasteiger partial charge in [0.1, 0.15) is 22.3 Å². The van der Waals surface area contributed by atoms with Gasteiger partial charge in [-0.3, -0.25) is 4.79 Å². The van der Waals surface area contributed by atoms with Crippen molar-refractivity contribution in [3.05, 3.63) is 70.7 Å². The number of likely N-dealkylation sites (N-methyl/N-ethyl adjacent to an activating group) is 1. The molecule has 174 valence electrons. The Labute approximate surface area is 200 Å². The number of amides is 1. The lowest BCUT2D eigenvalue weighted by atomic mass is 9.93. The molecule has 1 N–H and O–H groups in total. The number of nitrogens with one attached hydrogen (secondary N) is 1. The van der Waals surface area contributed by atoms with Gasteiger partial charge in [0.2, 0.25) is 0 Å². The average Bonchev–Trinajstić information content (AvgIpc) is 3.45. The predicted molar refractivity (Wildman–Crippen MR) is 130 cm³/mol. The third-order valence-electron chi connectivity index (χ3n) is 5.89. The van der Waals surface area contributed by atoms with E-state index in [0.717, 1.165) is 24.3 Å². The van der Waals surface area contributed by atoms with Crippen LogP contribution >= 0.6 is 11.3 Å². The van der Waals surface area contributed by atoms with Gasteiger partial charge >= 0.3 is 0 Å². The van der Waals surface area contributed by atoms with Crippen LogP contribution in [-0.4, -0.2) is 46.1 Å². The lowest BCUT2D eigenvalue weighted by Crippen LogP contribution is -2.41. The largest absolute Gasteiger partial charge is 0.355 e. The van der Waals surface area contributed by atoms with Crippen molar-refractivity contribution in [3.8, 4) is 21.9 Å². The average molecular weight is 478 g/mol. The number of nitrogens with zero attached hydrogens (tertiary/aromatic N) is 4. The summed E-state index contributed by atoms with van der Waals surface area (Å²) in [6.07, 6.45) is 1.82. The van der Waals surface area contributed by atoms with Gasteiger partial charge in [-0.05, 0) is 48.9 Å². The highest BCUT2D eigenvalue weighted by Crippen LogP contribution is 2.39. The molecule has 0 radical (unpaired) electrons. The fraction of sp³-hybridized carbons (Fsp3) is 0.280. The quantitative estimate of drug-likeness (QED) is 0.400. The Bertz CT molecular complexity index is 1310. The first-order valence-electron chi connectivity index (χ1n) is 11.1. The highest BCUT2D eigenvalue weighted by molar-refractivity contribution is 7.13. The summed E-state index contributed by atoms with van der Waals surface area (Å²) in [7, 11) is 2.09. The van der Waals surface area contributed by atoms with Crippen molar-refractivity contribution in [1.82, 2.24) is 20.0 Å². The van der Waals surface area contributed by atoms with E-state index >= 15 is 0 Å². The van der Waals surface area contributed by atoms with E-state index < -0.39 is 0 Å². The highest BCUT2D eigenvalue weighted by Gasteiger charge is 2.26. The summed E-state index contributed by atoms with van der Waals surface area (Å²) >= 11 is 1.34. The Kier molecular flexibility index (Phi) is 5.97. The van der Waals surface area contributed by atoms with Crippen molar-refractivity contribution >= 4 is 23.1 Å². The minimum absolute atomic E-state index is 0.0762. The summed E-state index contributed by atoms with van der Waals surface area (Å²) in [6, 6.07) is 9.86. The third-order valence-corrected chi connectivity index (χ3v) is 6.75. The van der Waals surface area contributed by atoms with Gasteiger partial charge in [-0.1, -0.05) is 25.1 Å². The van der Waals surface area contributed by atoms with E-state index in [4.69, 9.17) is 4.52 Å². The third kappa shape index (κ3) is 4.36. The standard InChI is InChI=1S/C25H24FN5O2S/c1-14(2)22-21(23(33-30-22)15-4-7-18(26)8-5-15)25-28-19(13-34-25)24(32)29-20-9-6-16(10-27-20)17-11-31(3)12-17/h4-10,13-14,17H,11-12H2,1-3H3,(H,27,29,32). The van der Waals surface area contributed by atoms with Crippen LogP contribution in [0.4, 0.5) is 10.2 Å². The van der Waals surface area contributed by atoms with Crippen LogP contribution in [0, 0.1) is 5.82 Å². The smallest absolute Gasteiger partial charge is 0.276 e. The van der Waals surface area contributed by atoms with Gasteiger partial charge in [0, 0.05) is 36.1 Å². The number of hydrogen-bond donors (Lipinski definition) is 1. The number of carbonyl (C=O) groups is 1. The lowest BCUT2D eigenvalue weighted by molar-refractivity contribution is 0.102. The maximum atomic E-state index is 13.4. The fourth-order valence-electron chi connectivity index (χ4n) is 4.01. The van der Waals surface area contributed by atoms with Gasteiger partial charge in [-0.25, -0.2) is 14.4 Å². The SMILES string of the molecule is CC(C)c1noc(-c2ccc(F)cc2)c1-c1nc(C(=O)Nc2ccc(C3CN(C)C3)cn2)cs1. The van der Waals surface area contributed by atoms with E-state index in [9.17, 15) is 9.18 Å². The van der Waals surface area contributed by atoms with Crippen molar-refractivity contribution in [3.63, 3.8) is 0 Å². The molecule has 0 aliphatic carbocycles. The maximum absolute atomic E-state index is 13.4. The first-order chi connectivity index (χ1) is 16.4. The molecule has 1 aliphatic rings. The molecule has 0 unspecified atom stereocenters. The molecule has 1 aliphatic heterocycles. The number of pyridine rings is 1. The molecule has 34 heavy (non-hydrogen) atoms. The fourth-order valence-corrected chi connectivity index (χ4v) is 4.85. The number of anilines is 1. The van der Waals surface area contributed by atoms with Crippen LogP contribution in [0.3, 0.4) is 0 Å². The minimum Gasteiger partial charge on any atom is -0.355 e. The Balaban J connectivity index is 1.38. The molecule has 1 amide bonds. The number of carbonyl (C=O) groups excluding carboxylic acids is 1. The molecular formula is C25H24FN5O2S. The van der Waals surface area contributed by atoms with Crippen LogP contribution < -0.4 is 5.32 Å². The number of thiazole rings is 1. The molecule has 4 aromatic rings. The van der Waals surface area contributed by atoms with Gasteiger partial charge in [0.05, 0.1) is 11.3 Å². The second-order valence-electron chi connectivity index (χ2n) is 8.82. The number of aromatic nitrogens is 3. The topological polar surface area (TPSA) is 84.1 Å². The van der Waals surface area contributed by atoms with Crippen LogP contribution in [-0.2, 0) is 0 Å². The molecular weight excluding hydrogens is 453 g/mol. The summed E-state index contributed by atoms with van der Waals surface area (Å²) in [5, 5.41) is 9.38. The van der Waals surface area contributed by atoms with E-state index in [-0.39, 0.29) is 23.3 Å². The van der Waals surface area contributed by atoms with Crippen LogP contribution in [0.15, 0.2) is 52.5 Å². The molecule has 9 heteroatoms. The second-order valence-corrected chi connectivity index (χ2v) is 9.68. The zero-order valence-electron chi connectivity index (χ0n) is 19.1. The van der Waals surface area contributed by atoms with Crippen molar-refractivity contribution in [2.45, 2.75) is 25.7 Å². The minimum atomic E-state index is -0.336. The number of rotatable bonds is 6. The predicted octanol–water partition coefficient (Wildman–Crippen LogP) is 5.40. The normalized spacial score (nSPS) is 14.4. The van der Waals surface area contributed by atoms with Crippen molar-refractivity contribution < 1.29 is 13.7 Å². The Morgan fingerprint density at radius 1 is 1.21 bits per heavy atom. The zero-order valence-corrected chi connectivity index (χ0v) is 19.9. The molecule has 0 spiro atoms. The summed E-state index contributed by atoms with van der Waals surface area (Å²) in [4.78, 5) is 24.1. The van der Waals surface area contributed by atoms with Crippen LogP contribution in [0.2, 0.25) is 0 Å². The molecule has 4 heterocycles. The zero-order chi connectivity index (χ0) is 23.8. The summed E-state index contributed by atoms with van der Waals surface area (Å²) in [5.41, 5.74) is 3.61. The lowest BCUT2D eigenvalue weighted by Gasteiger charge is -2.36. The monoisotopic (exact) mass is 477 g/mol. The number of likely N-dealkylation sites (tertiary alicyclic amines) is 1. The molecule has 1 aromatic carbocycles. The van der Waals surface area contributed by atoms with E-state index in [1.807, 2.05) is 32.2 Å². The first-order valence-corrected chi connectivity index (χ1v) is 11.9. The first kappa shape index (κ1) is 22.4. The van der Waals surface area contributed by atoms with Gasteiger partial charge in [-0.15, -0.1) is 11.3 Å². The van der Waals surface area contributed by atoms with Gasteiger partial charge < -0.3 is 14.7 Å². The summed E-state index contributed by atoms with van der Waals surface area (Å²) < 4.78 is 19.1. The summed E-state index contributed by atoms with van der Waals surface area (Å²) in [6.45, 7) is 6.06. The molecule has 0 bridgehead atoms. The highest BCUT2D eigenvalue weighted by atomic mass is 32.1. The molecule has 5 rings (SSSR count). The summed E-state index contributed by atoms with van der Waals surface area (Å²) in [5.74, 6) is 0.894. The van der Waals surface area contributed by atoms with Gasteiger partial charge in [0.15, 0.2) is 5.76 Å². The van der Waals surface area contributed by atoms with E-state index in [2.05, 4.69) is 32.4 Å². The molecule has 1 fully saturated rings. The van der Waals surface area contributed by atoms with E-state index in [1.54, 1.807) is 17.5 Å². The van der Waals surface area contributed by atoms with Crippen molar-refractivity contribution in [2.75, 3.05) is 25.5 Å². The maximum Gasteiger partial charge on any atom is 0.276 e. The molecule has 0 saturated carbocycles. The molecule has 3 aromatic heterocycles. The molecule has 7 nitrogen and oxygen atoms in total. The number of benzene rings is 1. The second kappa shape index (κ2) is 9.08. The Morgan fingerprint density at radius 2 is 1.97 bits per heavy atom. The number of hydrogen-bond acceptors (Lipinski definition) is 7. The van der Waals surface area contributed by atoms with Gasteiger partial charge in [0.25, 0.3) is 5.91 Å². The van der Waals surface area contributed by atoms with Crippen LogP contribution in [0.5, 0.6) is 0 Å².